The van der Waals surface area contributed by atoms with Crippen molar-refractivity contribution >= 4 is 21.6 Å². The minimum atomic E-state index is -3.68. The van der Waals surface area contributed by atoms with E-state index in [4.69, 9.17) is 21.6 Å². The van der Waals surface area contributed by atoms with Gasteiger partial charge in [-0.3, -0.25) is 0 Å². The molecule has 1 saturated heterocycles. The van der Waals surface area contributed by atoms with Gasteiger partial charge in [0.1, 0.15) is 4.90 Å². The third kappa shape index (κ3) is 2.96. The van der Waals surface area contributed by atoms with Crippen LogP contribution in [0.5, 0.6) is 0 Å². The SMILES string of the molecule is CC1(C)CN(S(=O)(=O)c2ccc(C#N)cc2Cl)CCO1. The van der Waals surface area contributed by atoms with Crippen LogP contribution in [0.4, 0.5) is 0 Å². The molecule has 0 saturated carbocycles. The maximum atomic E-state index is 12.6. The Morgan fingerprint density at radius 2 is 2.15 bits per heavy atom. The molecule has 7 heteroatoms. The van der Waals surface area contributed by atoms with E-state index in [1.165, 1.54) is 22.5 Å². The molecule has 0 atom stereocenters. The van der Waals surface area contributed by atoms with Crippen LogP contribution in [0, 0.1) is 11.3 Å². The van der Waals surface area contributed by atoms with Gasteiger partial charge < -0.3 is 4.74 Å². The van der Waals surface area contributed by atoms with Crippen LogP contribution in [0.1, 0.15) is 19.4 Å². The summed E-state index contributed by atoms with van der Waals surface area (Å²) in [6.07, 6.45) is 0. The van der Waals surface area contributed by atoms with Gasteiger partial charge in [-0.15, -0.1) is 0 Å². The quantitative estimate of drug-likeness (QED) is 0.837. The molecule has 0 bridgehead atoms. The molecule has 0 radical (unpaired) electrons. The van der Waals surface area contributed by atoms with E-state index in [1.54, 1.807) is 0 Å². The van der Waals surface area contributed by atoms with E-state index in [-0.39, 0.29) is 16.5 Å². The highest BCUT2D eigenvalue weighted by atomic mass is 35.5. The summed E-state index contributed by atoms with van der Waals surface area (Å²) in [4.78, 5) is 0.0240. The Balaban J connectivity index is 2.38. The summed E-state index contributed by atoms with van der Waals surface area (Å²) in [6.45, 7) is 4.60. The average Bonchev–Trinajstić information content (AvgIpc) is 2.37. The lowest BCUT2D eigenvalue weighted by Crippen LogP contribution is -2.50. The number of morpholine rings is 1. The van der Waals surface area contributed by atoms with Crippen molar-refractivity contribution in [1.82, 2.24) is 4.31 Å². The second-order valence-corrected chi connectivity index (χ2v) is 7.52. The van der Waals surface area contributed by atoms with Crippen molar-refractivity contribution < 1.29 is 13.2 Å². The van der Waals surface area contributed by atoms with Gasteiger partial charge in [0.15, 0.2) is 0 Å². The second kappa shape index (κ2) is 5.34. The summed E-state index contributed by atoms with van der Waals surface area (Å²) < 4.78 is 32.1. The number of rotatable bonds is 2. The maximum absolute atomic E-state index is 12.6. The molecule has 1 heterocycles. The number of nitriles is 1. The Kier molecular flexibility index (Phi) is 4.07. The van der Waals surface area contributed by atoms with Crippen LogP contribution in [0.2, 0.25) is 5.02 Å². The molecule has 0 unspecified atom stereocenters. The van der Waals surface area contributed by atoms with Gasteiger partial charge in [0.25, 0.3) is 0 Å². The Morgan fingerprint density at radius 3 is 2.70 bits per heavy atom. The molecule has 2 rings (SSSR count). The van der Waals surface area contributed by atoms with E-state index in [0.717, 1.165) is 0 Å². The van der Waals surface area contributed by atoms with Gasteiger partial charge >= 0.3 is 0 Å². The maximum Gasteiger partial charge on any atom is 0.244 e. The molecule has 108 valence electrons. The van der Waals surface area contributed by atoms with Crippen LogP contribution < -0.4 is 0 Å². The summed E-state index contributed by atoms with van der Waals surface area (Å²) in [5.74, 6) is 0. The molecular weight excluding hydrogens is 300 g/mol. The normalized spacial score (nSPS) is 19.5. The highest BCUT2D eigenvalue weighted by Gasteiger charge is 2.35. The van der Waals surface area contributed by atoms with Crippen molar-refractivity contribution in [2.45, 2.75) is 24.3 Å². The molecule has 1 aliphatic rings. The summed E-state index contributed by atoms with van der Waals surface area (Å²) in [6, 6.07) is 6.11. The van der Waals surface area contributed by atoms with Gasteiger partial charge in [-0.05, 0) is 32.0 Å². The number of benzene rings is 1. The summed E-state index contributed by atoms with van der Waals surface area (Å²) >= 11 is 5.99. The standard InChI is InChI=1S/C13H15ClN2O3S/c1-13(2)9-16(5-6-19-13)20(17,18)12-4-3-10(8-15)7-11(12)14/h3-4,7H,5-6,9H2,1-2H3. The molecule has 0 aliphatic carbocycles. The predicted molar refractivity (Wildman–Crippen MR) is 75.0 cm³/mol. The molecular formula is C13H15ClN2O3S. The third-order valence-corrected chi connectivity index (χ3v) is 5.40. The average molecular weight is 315 g/mol. The first-order valence-electron chi connectivity index (χ1n) is 6.10. The molecule has 1 fully saturated rings. The number of hydrogen-bond donors (Lipinski definition) is 0. The zero-order valence-corrected chi connectivity index (χ0v) is 12.8. The minimum absolute atomic E-state index is 0.0240. The van der Waals surface area contributed by atoms with E-state index >= 15 is 0 Å². The van der Waals surface area contributed by atoms with Gasteiger partial charge in [0.2, 0.25) is 10.0 Å². The number of hydrogen-bond acceptors (Lipinski definition) is 4. The van der Waals surface area contributed by atoms with Crippen molar-refractivity contribution in [1.29, 1.82) is 5.26 Å². The van der Waals surface area contributed by atoms with Crippen LogP contribution in [-0.2, 0) is 14.8 Å². The van der Waals surface area contributed by atoms with Crippen molar-refractivity contribution in [3.63, 3.8) is 0 Å². The van der Waals surface area contributed by atoms with Gasteiger partial charge in [-0.1, -0.05) is 11.6 Å². The molecule has 1 aliphatic heterocycles. The highest BCUT2D eigenvalue weighted by molar-refractivity contribution is 7.89. The zero-order chi connectivity index (χ0) is 15.0. The van der Waals surface area contributed by atoms with E-state index in [1.807, 2.05) is 19.9 Å². The molecule has 1 aromatic rings. The first kappa shape index (κ1) is 15.3. The minimum Gasteiger partial charge on any atom is -0.373 e. The summed E-state index contributed by atoms with van der Waals surface area (Å²) in [5.41, 5.74) is -0.194. The van der Waals surface area contributed by atoms with Crippen LogP contribution in [0.15, 0.2) is 23.1 Å². The number of sulfonamides is 1. The van der Waals surface area contributed by atoms with Crippen LogP contribution >= 0.6 is 11.6 Å². The molecule has 1 aromatic carbocycles. The van der Waals surface area contributed by atoms with Crippen LogP contribution in [-0.4, -0.2) is 38.0 Å². The van der Waals surface area contributed by atoms with Gasteiger partial charge in [0, 0.05) is 13.1 Å². The van der Waals surface area contributed by atoms with E-state index in [2.05, 4.69) is 0 Å². The van der Waals surface area contributed by atoms with Crippen molar-refractivity contribution in [3.8, 4) is 6.07 Å². The lowest BCUT2D eigenvalue weighted by molar-refractivity contribution is -0.0640. The van der Waals surface area contributed by atoms with Crippen LogP contribution in [0.25, 0.3) is 0 Å². The smallest absolute Gasteiger partial charge is 0.244 e. The fraction of sp³-hybridized carbons (Fsp3) is 0.462. The lowest BCUT2D eigenvalue weighted by atomic mass is 10.1. The highest BCUT2D eigenvalue weighted by Crippen LogP contribution is 2.28. The summed E-state index contributed by atoms with van der Waals surface area (Å²) in [5, 5.41) is 8.85. The number of halogens is 1. The molecule has 20 heavy (non-hydrogen) atoms. The Morgan fingerprint density at radius 1 is 1.45 bits per heavy atom. The zero-order valence-electron chi connectivity index (χ0n) is 11.3. The Bertz CT molecular complexity index is 665. The number of nitrogens with zero attached hydrogens (tertiary/aromatic N) is 2. The second-order valence-electron chi connectivity index (χ2n) is 5.20. The fourth-order valence-electron chi connectivity index (χ4n) is 2.10. The van der Waals surface area contributed by atoms with E-state index in [9.17, 15) is 8.42 Å². The lowest BCUT2D eigenvalue weighted by Gasteiger charge is -2.37. The Hall–Kier alpha value is -1.13. The predicted octanol–water partition coefficient (Wildman–Crippen LogP) is 2.01. The molecule has 0 spiro atoms. The van der Waals surface area contributed by atoms with Crippen LogP contribution in [0.3, 0.4) is 0 Å². The van der Waals surface area contributed by atoms with Crippen molar-refractivity contribution in [3.05, 3.63) is 28.8 Å². The number of ether oxygens (including phenoxy) is 1. The molecule has 0 N–H and O–H groups in total. The molecule has 5 nitrogen and oxygen atoms in total. The van der Waals surface area contributed by atoms with Crippen molar-refractivity contribution in [2.75, 3.05) is 19.7 Å². The van der Waals surface area contributed by atoms with E-state index < -0.39 is 15.6 Å². The van der Waals surface area contributed by atoms with Gasteiger partial charge in [-0.2, -0.15) is 9.57 Å². The first-order valence-corrected chi connectivity index (χ1v) is 7.92. The molecule has 0 amide bonds. The largest absolute Gasteiger partial charge is 0.373 e. The fourth-order valence-corrected chi connectivity index (χ4v) is 4.19. The van der Waals surface area contributed by atoms with Crippen molar-refractivity contribution in [2.24, 2.45) is 0 Å². The van der Waals surface area contributed by atoms with Gasteiger partial charge in [-0.25, -0.2) is 8.42 Å². The topological polar surface area (TPSA) is 70.4 Å². The van der Waals surface area contributed by atoms with Gasteiger partial charge in [0.05, 0.1) is 28.9 Å². The summed E-state index contributed by atoms with van der Waals surface area (Å²) in [7, 11) is -3.68. The Labute approximate surface area is 123 Å². The third-order valence-electron chi connectivity index (χ3n) is 3.07. The monoisotopic (exact) mass is 314 g/mol. The first-order chi connectivity index (χ1) is 9.26. The molecule has 0 aromatic heterocycles. The van der Waals surface area contributed by atoms with E-state index in [0.29, 0.717) is 18.7 Å².